The molecule has 0 amide bonds. The number of methoxy groups -OCH3 is 1. The maximum atomic E-state index is 9.99. The van der Waals surface area contributed by atoms with E-state index in [1.54, 1.807) is 13.2 Å². The number of rotatable bonds is 8. The fourth-order valence-corrected chi connectivity index (χ4v) is 1.53. The Hall–Kier alpha value is -1.10. The fourth-order valence-electron chi connectivity index (χ4n) is 1.53. The van der Waals surface area contributed by atoms with Crippen molar-refractivity contribution in [3.05, 3.63) is 29.8 Å². The van der Waals surface area contributed by atoms with E-state index in [9.17, 15) is 5.11 Å². The molecule has 4 heteroatoms. The lowest BCUT2D eigenvalue weighted by Crippen LogP contribution is -2.19. The third-order valence-electron chi connectivity index (χ3n) is 2.57. The lowest BCUT2D eigenvalue weighted by molar-refractivity contribution is -0.0395. The molecule has 2 unspecified atom stereocenters. The molecular formula is C14H22O4. The first-order valence-electron chi connectivity index (χ1n) is 6.18. The topological polar surface area (TPSA) is 47.9 Å². The van der Waals surface area contributed by atoms with Crippen molar-refractivity contribution < 1.29 is 19.3 Å². The van der Waals surface area contributed by atoms with E-state index in [1.165, 1.54) is 0 Å². The molecule has 0 saturated heterocycles. The average molecular weight is 254 g/mol. The minimum Gasteiger partial charge on any atom is -0.497 e. The van der Waals surface area contributed by atoms with Gasteiger partial charge in [0.1, 0.15) is 11.9 Å². The Kier molecular flexibility index (Phi) is 6.72. The van der Waals surface area contributed by atoms with E-state index in [4.69, 9.17) is 14.2 Å². The summed E-state index contributed by atoms with van der Waals surface area (Å²) in [6, 6.07) is 7.35. The first kappa shape index (κ1) is 15.0. The molecule has 0 fully saturated rings. The van der Waals surface area contributed by atoms with Crippen molar-refractivity contribution in [2.45, 2.75) is 26.1 Å². The summed E-state index contributed by atoms with van der Waals surface area (Å²) in [4.78, 5) is 0. The number of benzene rings is 1. The molecule has 0 spiro atoms. The molecule has 0 aliphatic carbocycles. The molecule has 0 heterocycles. The highest BCUT2D eigenvalue weighted by Crippen LogP contribution is 2.19. The predicted molar refractivity (Wildman–Crippen MR) is 69.9 cm³/mol. The standard InChI is InChI=1S/C14H22O4/c1-4-17-9-11(2)18-10-14(15)12-6-5-7-13(8-12)16-3/h5-8,11,14-15H,4,9-10H2,1-3H3. The van der Waals surface area contributed by atoms with Crippen LogP contribution >= 0.6 is 0 Å². The molecule has 0 saturated carbocycles. The number of ether oxygens (including phenoxy) is 3. The molecule has 0 aromatic heterocycles. The summed E-state index contributed by atoms with van der Waals surface area (Å²) in [5.74, 6) is 0.730. The first-order chi connectivity index (χ1) is 8.67. The Morgan fingerprint density at radius 3 is 2.72 bits per heavy atom. The van der Waals surface area contributed by atoms with E-state index in [2.05, 4.69) is 0 Å². The van der Waals surface area contributed by atoms with Gasteiger partial charge in [-0.15, -0.1) is 0 Å². The number of aliphatic hydroxyl groups excluding tert-OH is 1. The van der Waals surface area contributed by atoms with Crippen LogP contribution in [0.15, 0.2) is 24.3 Å². The highest BCUT2D eigenvalue weighted by Gasteiger charge is 2.11. The third kappa shape index (κ3) is 5.04. The minimum atomic E-state index is -0.649. The Labute approximate surface area is 108 Å². The van der Waals surface area contributed by atoms with E-state index in [-0.39, 0.29) is 12.7 Å². The zero-order chi connectivity index (χ0) is 13.4. The molecule has 102 valence electrons. The van der Waals surface area contributed by atoms with Crippen molar-refractivity contribution in [3.8, 4) is 5.75 Å². The smallest absolute Gasteiger partial charge is 0.119 e. The van der Waals surface area contributed by atoms with E-state index in [0.717, 1.165) is 11.3 Å². The molecule has 0 radical (unpaired) electrons. The van der Waals surface area contributed by atoms with E-state index in [0.29, 0.717) is 13.2 Å². The SMILES string of the molecule is CCOCC(C)OCC(O)c1cccc(OC)c1. The molecule has 1 aromatic rings. The normalized spacial score (nSPS) is 14.2. The molecule has 1 N–H and O–H groups in total. The van der Waals surface area contributed by atoms with E-state index < -0.39 is 6.10 Å². The Balaban J connectivity index is 2.41. The van der Waals surface area contributed by atoms with Crippen LogP contribution in [0.25, 0.3) is 0 Å². The summed E-state index contributed by atoms with van der Waals surface area (Å²) in [5, 5.41) is 9.99. The Morgan fingerprint density at radius 2 is 2.06 bits per heavy atom. The summed E-state index contributed by atoms with van der Waals surface area (Å²) in [6.45, 7) is 5.33. The molecular weight excluding hydrogens is 232 g/mol. The molecule has 2 atom stereocenters. The fraction of sp³-hybridized carbons (Fsp3) is 0.571. The van der Waals surface area contributed by atoms with Crippen LogP contribution in [-0.2, 0) is 9.47 Å². The van der Waals surface area contributed by atoms with Crippen LogP contribution in [0, 0.1) is 0 Å². The largest absolute Gasteiger partial charge is 0.497 e. The van der Waals surface area contributed by atoms with Gasteiger partial charge >= 0.3 is 0 Å². The zero-order valence-corrected chi connectivity index (χ0v) is 11.3. The van der Waals surface area contributed by atoms with Gasteiger partial charge < -0.3 is 19.3 Å². The number of hydrogen-bond donors (Lipinski definition) is 1. The maximum absolute atomic E-state index is 9.99. The van der Waals surface area contributed by atoms with E-state index >= 15 is 0 Å². The average Bonchev–Trinajstić information content (AvgIpc) is 2.42. The molecule has 0 aliphatic heterocycles. The summed E-state index contributed by atoms with van der Waals surface area (Å²) >= 11 is 0. The second-order valence-electron chi connectivity index (χ2n) is 4.10. The van der Waals surface area contributed by atoms with Gasteiger partial charge in [-0.1, -0.05) is 12.1 Å². The van der Waals surface area contributed by atoms with Crippen LogP contribution in [-0.4, -0.2) is 38.1 Å². The van der Waals surface area contributed by atoms with Gasteiger partial charge in [0, 0.05) is 6.61 Å². The highest BCUT2D eigenvalue weighted by molar-refractivity contribution is 5.29. The lowest BCUT2D eigenvalue weighted by atomic mass is 10.1. The van der Waals surface area contributed by atoms with Crippen molar-refractivity contribution in [1.29, 1.82) is 0 Å². The van der Waals surface area contributed by atoms with Crippen molar-refractivity contribution >= 4 is 0 Å². The summed E-state index contributed by atoms with van der Waals surface area (Å²) in [7, 11) is 1.60. The van der Waals surface area contributed by atoms with Gasteiger partial charge in [0.2, 0.25) is 0 Å². The first-order valence-corrected chi connectivity index (χ1v) is 6.18. The van der Waals surface area contributed by atoms with Crippen LogP contribution in [0.1, 0.15) is 25.5 Å². The van der Waals surface area contributed by atoms with Crippen molar-refractivity contribution in [2.75, 3.05) is 26.9 Å². The van der Waals surface area contributed by atoms with Crippen LogP contribution in [0.2, 0.25) is 0 Å². The lowest BCUT2D eigenvalue weighted by Gasteiger charge is -2.17. The molecule has 18 heavy (non-hydrogen) atoms. The molecule has 4 nitrogen and oxygen atoms in total. The summed E-state index contributed by atoms with van der Waals surface area (Å²) < 4.78 is 15.9. The van der Waals surface area contributed by atoms with Gasteiger partial charge in [-0.25, -0.2) is 0 Å². The quantitative estimate of drug-likeness (QED) is 0.772. The predicted octanol–water partition coefficient (Wildman–Crippen LogP) is 2.17. The second-order valence-corrected chi connectivity index (χ2v) is 4.10. The molecule has 1 rings (SSSR count). The van der Waals surface area contributed by atoms with Crippen molar-refractivity contribution in [3.63, 3.8) is 0 Å². The number of hydrogen-bond acceptors (Lipinski definition) is 4. The van der Waals surface area contributed by atoms with Gasteiger partial charge in [0.05, 0.1) is 26.4 Å². The van der Waals surface area contributed by atoms with Crippen molar-refractivity contribution in [1.82, 2.24) is 0 Å². The molecule has 1 aromatic carbocycles. The van der Waals surface area contributed by atoms with Gasteiger partial charge in [-0.3, -0.25) is 0 Å². The third-order valence-corrected chi connectivity index (χ3v) is 2.57. The number of aliphatic hydroxyl groups is 1. The van der Waals surface area contributed by atoms with E-state index in [1.807, 2.05) is 32.0 Å². The summed E-state index contributed by atoms with van der Waals surface area (Å²) in [5.41, 5.74) is 0.790. The van der Waals surface area contributed by atoms with Gasteiger partial charge in [-0.05, 0) is 31.5 Å². The molecule has 0 bridgehead atoms. The minimum absolute atomic E-state index is 0.0230. The zero-order valence-electron chi connectivity index (χ0n) is 11.3. The highest BCUT2D eigenvalue weighted by atomic mass is 16.5. The van der Waals surface area contributed by atoms with Crippen LogP contribution in [0.4, 0.5) is 0 Å². The van der Waals surface area contributed by atoms with Gasteiger partial charge in [-0.2, -0.15) is 0 Å². The van der Waals surface area contributed by atoms with Gasteiger partial charge in [0.15, 0.2) is 0 Å². The van der Waals surface area contributed by atoms with Crippen LogP contribution < -0.4 is 4.74 Å². The maximum Gasteiger partial charge on any atom is 0.119 e. The van der Waals surface area contributed by atoms with Crippen LogP contribution in [0.3, 0.4) is 0 Å². The second kappa shape index (κ2) is 8.08. The molecule has 0 aliphatic rings. The van der Waals surface area contributed by atoms with Gasteiger partial charge in [0.25, 0.3) is 0 Å². The van der Waals surface area contributed by atoms with Crippen molar-refractivity contribution in [2.24, 2.45) is 0 Å². The monoisotopic (exact) mass is 254 g/mol. The van der Waals surface area contributed by atoms with Crippen LogP contribution in [0.5, 0.6) is 5.75 Å². The Bertz CT molecular complexity index is 340. The Morgan fingerprint density at radius 1 is 1.28 bits per heavy atom. The summed E-state index contributed by atoms with van der Waals surface area (Å²) in [6.07, 6.45) is -0.672.